The number of nitrogens with zero attached hydrogens (tertiary/aromatic N) is 1. The molecule has 0 spiro atoms. The molecule has 0 heterocycles. The summed E-state index contributed by atoms with van der Waals surface area (Å²) in [5, 5.41) is 0. The molecule has 0 aromatic carbocycles. The zero-order chi connectivity index (χ0) is 9.72. The maximum atomic E-state index is 4.64. The van der Waals surface area contributed by atoms with Gasteiger partial charge in [0.25, 0.3) is 0 Å². The van der Waals surface area contributed by atoms with Crippen molar-refractivity contribution in [1.29, 1.82) is 0 Å². The molecular formula is C11H23N. The lowest BCUT2D eigenvalue weighted by atomic mass is 9.97. The van der Waals surface area contributed by atoms with Gasteiger partial charge in [0.15, 0.2) is 0 Å². The van der Waals surface area contributed by atoms with Gasteiger partial charge >= 0.3 is 0 Å². The maximum Gasteiger partial charge on any atom is 0.0411 e. The van der Waals surface area contributed by atoms with Gasteiger partial charge in [0.1, 0.15) is 0 Å². The quantitative estimate of drug-likeness (QED) is 0.572. The van der Waals surface area contributed by atoms with Crippen LogP contribution in [0.25, 0.3) is 0 Å². The van der Waals surface area contributed by atoms with Gasteiger partial charge in [-0.15, -0.1) is 0 Å². The van der Waals surface area contributed by atoms with Gasteiger partial charge in [0.05, 0.1) is 0 Å². The molecule has 0 N–H and O–H groups in total. The fraction of sp³-hybridized carbons (Fsp3) is 0.909. The molecule has 0 aromatic heterocycles. The van der Waals surface area contributed by atoms with E-state index in [2.05, 4.69) is 46.5 Å². The van der Waals surface area contributed by atoms with Gasteiger partial charge in [-0.05, 0) is 17.8 Å². The van der Waals surface area contributed by atoms with Crippen molar-refractivity contribution in [1.82, 2.24) is 0 Å². The smallest absolute Gasteiger partial charge is 0.0411 e. The lowest BCUT2D eigenvalue weighted by Gasteiger charge is -2.14. The van der Waals surface area contributed by atoms with Gasteiger partial charge in [-0.3, -0.25) is 4.99 Å². The van der Waals surface area contributed by atoms with E-state index in [1.165, 1.54) is 5.71 Å². The lowest BCUT2D eigenvalue weighted by Crippen LogP contribution is -2.16. The topological polar surface area (TPSA) is 12.4 Å². The van der Waals surface area contributed by atoms with E-state index in [-0.39, 0.29) is 0 Å². The van der Waals surface area contributed by atoms with Gasteiger partial charge in [-0.2, -0.15) is 0 Å². The second-order valence-electron chi connectivity index (χ2n) is 4.47. The highest BCUT2D eigenvalue weighted by atomic mass is 14.7. The van der Waals surface area contributed by atoms with E-state index in [1.54, 1.807) is 0 Å². The zero-order valence-corrected chi connectivity index (χ0v) is 9.39. The first-order valence-corrected chi connectivity index (χ1v) is 4.99. The fourth-order valence-electron chi connectivity index (χ4n) is 1.32. The van der Waals surface area contributed by atoms with Crippen LogP contribution in [0.15, 0.2) is 4.99 Å². The van der Waals surface area contributed by atoms with E-state index < -0.39 is 0 Å². The molecule has 0 aliphatic rings. The highest BCUT2D eigenvalue weighted by molar-refractivity contribution is 5.87. The van der Waals surface area contributed by atoms with Crippen molar-refractivity contribution >= 4 is 5.71 Å². The summed E-state index contributed by atoms with van der Waals surface area (Å²) in [5.41, 5.74) is 1.36. The highest BCUT2D eigenvalue weighted by Gasteiger charge is 2.09. The molecule has 0 fully saturated rings. The van der Waals surface area contributed by atoms with Crippen LogP contribution in [0.5, 0.6) is 0 Å². The van der Waals surface area contributed by atoms with Crippen LogP contribution in [-0.4, -0.2) is 12.3 Å². The molecular weight excluding hydrogens is 146 g/mol. The summed E-state index contributed by atoms with van der Waals surface area (Å²) in [6.45, 7) is 14.3. The molecule has 0 bridgehead atoms. The molecule has 0 saturated carbocycles. The average molecular weight is 169 g/mol. The average Bonchev–Trinajstić information content (AvgIpc) is 1.84. The number of hydrogen-bond donors (Lipinski definition) is 0. The second kappa shape index (κ2) is 5.34. The number of aliphatic imine (C=N–C) groups is 1. The predicted octanol–water partition coefficient (Wildman–Crippen LogP) is 3.40. The summed E-state index contributed by atoms with van der Waals surface area (Å²) < 4.78 is 0. The Balaban J connectivity index is 4.19. The lowest BCUT2D eigenvalue weighted by molar-refractivity contribution is 0.649. The van der Waals surface area contributed by atoms with E-state index in [0.29, 0.717) is 17.8 Å². The third kappa shape index (κ3) is 4.53. The molecule has 72 valence electrons. The summed E-state index contributed by atoms with van der Waals surface area (Å²) in [5.74, 6) is 1.88. The Labute approximate surface area is 77.3 Å². The molecule has 0 rings (SSSR count). The number of rotatable bonds is 4. The van der Waals surface area contributed by atoms with Crippen LogP contribution < -0.4 is 0 Å². The van der Waals surface area contributed by atoms with Crippen LogP contribution in [-0.2, 0) is 0 Å². The molecule has 12 heavy (non-hydrogen) atoms. The van der Waals surface area contributed by atoms with E-state index >= 15 is 0 Å². The van der Waals surface area contributed by atoms with Crippen molar-refractivity contribution in [2.75, 3.05) is 6.54 Å². The van der Waals surface area contributed by atoms with Crippen molar-refractivity contribution in [3.05, 3.63) is 0 Å². The molecule has 1 heteroatoms. The Morgan fingerprint density at radius 2 is 1.33 bits per heavy atom. The molecule has 0 saturated heterocycles. The summed E-state index contributed by atoms with van der Waals surface area (Å²) in [6.07, 6.45) is 0. The second-order valence-corrected chi connectivity index (χ2v) is 4.47. The van der Waals surface area contributed by atoms with Gasteiger partial charge in [-0.1, -0.05) is 41.5 Å². The Morgan fingerprint density at radius 1 is 0.917 bits per heavy atom. The monoisotopic (exact) mass is 169 g/mol. The van der Waals surface area contributed by atoms with Gasteiger partial charge in [0, 0.05) is 12.3 Å². The van der Waals surface area contributed by atoms with E-state index in [0.717, 1.165) is 6.54 Å². The van der Waals surface area contributed by atoms with Crippen LogP contribution >= 0.6 is 0 Å². The minimum Gasteiger partial charge on any atom is -0.293 e. The zero-order valence-electron chi connectivity index (χ0n) is 9.39. The third-order valence-corrected chi connectivity index (χ3v) is 1.82. The molecule has 0 aliphatic carbocycles. The Bertz CT molecular complexity index is 133. The minimum atomic E-state index is 0.601. The summed E-state index contributed by atoms with van der Waals surface area (Å²) in [7, 11) is 0. The Kier molecular flexibility index (Phi) is 5.19. The van der Waals surface area contributed by atoms with Crippen LogP contribution in [0, 0.1) is 17.8 Å². The van der Waals surface area contributed by atoms with Crippen LogP contribution in [0.1, 0.15) is 41.5 Å². The predicted molar refractivity (Wildman–Crippen MR) is 56.8 cm³/mol. The first-order valence-electron chi connectivity index (χ1n) is 4.99. The first-order chi connectivity index (χ1) is 5.45. The van der Waals surface area contributed by atoms with Crippen molar-refractivity contribution < 1.29 is 0 Å². The Hall–Kier alpha value is -0.330. The summed E-state index contributed by atoms with van der Waals surface area (Å²) in [4.78, 5) is 4.64. The summed E-state index contributed by atoms with van der Waals surface area (Å²) in [6, 6.07) is 0. The minimum absolute atomic E-state index is 0.601. The van der Waals surface area contributed by atoms with Crippen molar-refractivity contribution in [2.45, 2.75) is 41.5 Å². The summed E-state index contributed by atoms with van der Waals surface area (Å²) >= 11 is 0. The molecule has 1 nitrogen and oxygen atoms in total. The van der Waals surface area contributed by atoms with Crippen LogP contribution in [0.2, 0.25) is 0 Å². The van der Waals surface area contributed by atoms with Gasteiger partial charge in [0.2, 0.25) is 0 Å². The van der Waals surface area contributed by atoms with Gasteiger partial charge < -0.3 is 0 Å². The molecule has 0 aliphatic heterocycles. The molecule has 0 aromatic rings. The van der Waals surface area contributed by atoms with E-state index in [4.69, 9.17) is 0 Å². The molecule has 0 atom stereocenters. The molecule has 0 unspecified atom stereocenters. The van der Waals surface area contributed by atoms with Crippen molar-refractivity contribution in [2.24, 2.45) is 22.7 Å². The van der Waals surface area contributed by atoms with Crippen molar-refractivity contribution in [3.8, 4) is 0 Å². The first kappa shape index (κ1) is 11.7. The fourth-order valence-corrected chi connectivity index (χ4v) is 1.32. The SMILES string of the molecule is CC(C)CN=C(C(C)C)C(C)C. The van der Waals surface area contributed by atoms with Crippen LogP contribution in [0.3, 0.4) is 0 Å². The largest absolute Gasteiger partial charge is 0.293 e. The molecule has 0 amide bonds. The number of hydrogen-bond acceptors (Lipinski definition) is 1. The maximum absolute atomic E-state index is 4.64. The molecule has 0 radical (unpaired) electrons. The highest BCUT2D eigenvalue weighted by Crippen LogP contribution is 2.08. The van der Waals surface area contributed by atoms with E-state index in [1.807, 2.05) is 0 Å². The van der Waals surface area contributed by atoms with E-state index in [9.17, 15) is 0 Å². The van der Waals surface area contributed by atoms with Gasteiger partial charge in [-0.25, -0.2) is 0 Å². The standard InChI is InChI=1S/C11H23N/c1-8(2)7-12-11(9(3)4)10(5)6/h8-10H,7H2,1-6H3. The van der Waals surface area contributed by atoms with Crippen molar-refractivity contribution in [3.63, 3.8) is 0 Å². The van der Waals surface area contributed by atoms with Crippen LogP contribution in [0.4, 0.5) is 0 Å². The third-order valence-electron chi connectivity index (χ3n) is 1.82. The Morgan fingerprint density at radius 3 is 1.58 bits per heavy atom. The normalized spacial score (nSPS) is 11.4.